The number of carbonyl (C=O) groups is 1. The monoisotopic (exact) mass is 324 g/mol. The molecule has 4 nitrogen and oxygen atoms in total. The van der Waals surface area contributed by atoms with E-state index >= 15 is 0 Å². The van der Waals surface area contributed by atoms with Gasteiger partial charge in [0.1, 0.15) is 6.10 Å². The number of aliphatic hydroxyl groups is 1. The number of carbonyl (C=O) groups excluding carboxylic acids is 1. The molecule has 0 aliphatic carbocycles. The van der Waals surface area contributed by atoms with Gasteiger partial charge in [-0.05, 0) is 30.3 Å². The number of rotatable bonds is 5. The highest BCUT2D eigenvalue weighted by atomic mass is 35.5. The van der Waals surface area contributed by atoms with Crippen LogP contribution < -0.4 is 10.2 Å². The first-order valence-corrected chi connectivity index (χ1v) is 7.65. The van der Waals surface area contributed by atoms with Gasteiger partial charge in [-0.2, -0.15) is 0 Å². The van der Waals surface area contributed by atoms with Crippen LogP contribution in [-0.4, -0.2) is 31.7 Å². The van der Waals surface area contributed by atoms with Crippen LogP contribution in [0, 0.1) is 0 Å². The van der Waals surface area contributed by atoms with E-state index in [0.29, 0.717) is 9.90 Å². The molecule has 1 atom stereocenters. The highest BCUT2D eigenvalue weighted by Crippen LogP contribution is 2.26. The Bertz CT molecular complexity index is 628. The maximum Gasteiger partial charge on any atom is 0.251 e. The summed E-state index contributed by atoms with van der Waals surface area (Å²) in [5.74, 6) is -0.208. The summed E-state index contributed by atoms with van der Waals surface area (Å²) < 4.78 is 0.620. The SMILES string of the molecule is CN(C)c1cccc(C(=O)NC[C@H](O)c2ccc(Cl)s2)c1. The van der Waals surface area contributed by atoms with Crippen molar-refractivity contribution in [3.63, 3.8) is 0 Å². The molecule has 6 heteroatoms. The van der Waals surface area contributed by atoms with Crippen molar-refractivity contribution >= 4 is 34.5 Å². The van der Waals surface area contributed by atoms with Crippen molar-refractivity contribution in [3.05, 3.63) is 51.2 Å². The van der Waals surface area contributed by atoms with Crippen LogP contribution in [0.5, 0.6) is 0 Å². The molecule has 2 N–H and O–H groups in total. The lowest BCUT2D eigenvalue weighted by Crippen LogP contribution is -2.28. The van der Waals surface area contributed by atoms with Gasteiger partial charge in [0.15, 0.2) is 0 Å². The summed E-state index contributed by atoms with van der Waals surface area (Å²) in [6.45, 7) is 0.155. The number of halogens is 1. The third kappa shape index (κ3) is 4.20. The number of nitrogens with zero attached hydrogens (tertiary/aromatic N) is 1. The van der Waals surface area contributed by atoms with Gasteiger partial charge in [0, 0.05) is 36.8 Å². The predicted molar refractivity (Wildman–Crippen MR) is 87.4 cm³/mol. The van der Waals surface area contributed by atoms with Crippen molar-refractivity contribution in [2.75, 3.05) is 25.5 Å². The summed E-state index contributed by atoms with van der Waals surface area (Å²) >= 11 is 7.13. The van der Waals surface area contributed by atoms with Gasteiger partial charge in [0.25, 0.3) is 5.91 Å². The number of hydrogen-bond acceptors (Lipinski definition) is 4. The first kappa shape index (κ1) is 15.8. The van der Waals surface area contributed by atoms with E-state index in [-0.39, 0.29) is 12.5 Å². The number of anilines is 1. The lowest BCUT2D eigenvalue weighted by molar-refractivity contribution is 0.0918. The Balaban J connectivity index is 1.97. The molecule has 0 aliphatic heterocycles. The Kier molecular flexibility index (Phi) is 5.22. The van der Waals surface area contributed by atoms with E-state index in [1.165, 1.54) is 11.3 Å². The Morgan fingerprint density at radius 2 is 2.14 bits per heavy atom. The predicted octanol–water partition coefficient (Wildman–Crippen LogP) is 2.93. The Morgan fingerprint density at radius 3 is 2.76 bits per heavy atom. The van der Waals surface area contributed by atoms with Crippen LogP contribution in [0.1, 0.15) is 21.3 Å². The van der Waals surface area contributed by atoms with Crippen molar-refractivity contribution in [1.29, 1.82) is 0 Å². The summed E-state index contributed by atoms with van der Waals surface area (Å²) in [4.78, 5) is 14.8. The van der Waals surface area contributed by atoms with Crippen LogP contribution in [-0.2, 0) is 0 Å². The third-order valence-corrected chi connectivity index (χ3v) is 4.34. The van der Waals surface area contributed by atoms with Crippen LogP contribution in [0.3, 0.4) is 0 Å². The number of amides is 1. The van der Waals surface area contributed by atoms with Crippen LogP contribution in [0.15, 0.2) is 36.4 Å². The lowest BCUT2D eigenvalue weighted by atomic mass is 10.1. The Hall–Kier alpha value is -1.56. The molecule has 21 heavy (non-hydrogen) atoms. The van der Waals surface area contributed by atoms with Crippen molar-refractivity contribution < 1.29 is 9.90 Å². The number of benzene rings is 1. The molecule has 0 radical (unpaired) electrons. The van der Waals surface area contributed by atoms with E-state index in [4.69, 9.17) is 11.6 Å². The van der Waals surface area contributed by atoms with Crippen LogP contribution in [0.4, 0.5) is 5.69 Å². The smallest absolute Gasteiger partial charge is 0.251 e. The molecule has 2 rings (SSSR count). The van der Waals surface area contributed by atoms with E-state index in [0.717, 1.165) is 10.6 Å². The summed E-state index contributed by atoms with van der Waals surface area (Å²) in [6.07, 6.45) is -0.747. The molecule has 1 aromatic carbocycles. The van der Waals surface area contributed by atoms with Gasteiger partial charge in [0.2, 0.25) is 0 Å². The van der Waals surface area contributed by atoms with Crippen LogP contribution in [0.25, 0.3) is 0 Å². The maximum absolute atomic E-state index is 12.1. The van der Waals surface area contributed by atoms with Gasteiger partial charge >= 0.3 is 0 Å². The fraction of sp³-hybridized carbons (Fsp3) is 0.267. The highest BCUT2D eigenvalue weighted by Gasteiger charge is 2.13. The number of thiophene rings is 1. The largest absolute Gasteiger partial charge is 0.386 e. The van der Waals surface area contributed by atoms with Crippen molar-refractivity contribution in [1.82, 2.24) is 5.32 Å². The number of hydrogen-bond donors (Lipinski definition) is 2. The topological polar surface area (TPSA) is 52.6 Å². The molecule has 0 saturated heterocycles. The molecule has 0 saturated carbocycles. The minimum Gasteiger partial charge on any atom is -0.386 e. The Morgan fingerprint density at radius 1 is 1.38 bits per heavy atom. The second-order valence-electron chi connectivity index (χ2n) is 4.81. The van der Waals surface area contributed by atoms with Crippen LogP contribution in [0.2, 0.25) is 4.34 Å². The van der Waals surface area contributed by atoms with Crippen molar-refractivity contribution in [2.24, 2.45) is 0 Å². The van der Waals surface area contributed by atoms with Gasteiger partial charge in [0.05, 0.1) is 4.34 Å². The molecule has 1 heterocycles. The summed E-state index contributed by atoms with van der Waals surface area (Å²) in [7, 11) is 3.84. The molecular formula is C15H17ClN2O2S. The fourth-order valence-corrected chi connectivity index (χ4v) is 2.87. The second kappa shape index (κ2) is 6.93. The zero-order valence-electron chi connectivity index (χ0n) is 11.8. The normalized spacial score (nSPS) is 12.0. The van der Waals surface area contributed by atoms with Gasteiger partial charge in [-0.1, -0.05) is 17.7 Å². The van der Waals surface area contributed by atoms with E-state index in [1.807, 2.05) is 37.2 Å². The molecule has 0 spiro atoms. The molecule has 1 aromatic heterocycles. The van der Waals surface area contributed by atoms with E-state index in [9.17, 15) is 9.90 Å². The average molecular weight is 325 g/mol. The zero-order chi connectivity index (χ0) is 15.4. The first-order chi connectivity index (χ1) is 9.97. The number of aliphatic hydroxyl groups excluding tert-OH is 1. The van der Waals surface area contributed by atoms with Crippen LogP contribution >= 0.6 is 22.9 Å². The van der Waals surface area contributed by atoms with Gasteiger partial charge in [-0.15, -0.1) is 11.3 Å². The minimum absolute atomic E-state index is 0.155. The quantitative estimate of drug-likeness (QED) is 0.889. The minimum atomic E-state index is -0.747. The summed E-state index contributed by atoms with van der Waals surface area (Å²) in [5.41, 5.74) is 1.52. The Labute approximate surface area is 133 Å². The average Bonchev–Trinajstić information content (AvgIpc) is 2.91. The lowest BCUT2D eigenvalue weighted by Gasteiger charge is -2.14. The summed E-state index contributed by atoms with van der Waals surface area (Å²) in [5, 5.41) is 12.7. The third-order valence-electron chi connectivity index (χ3n) is 3.00. The fourth-order valence-electron chi connectivity index (χ4n) is 1.82. The van der Waals surface area contributed by atoms with Gasteiger partial charge in [-0.3, -0.25) is 4.79 Å². The van der Waals surface area contributed by atoms with Gasteiger partial charge < -0.3 is 15.3 Å². The molecule has 0 aliphatic rings. The standard InChI is InChI=1S/C15H17ClN2O2S/c1-18(2)11-5-3-4-10(8-11)15(20)17-9-12(19)13-6-7-14(16)21-13/h3-8,12,19H,9H2,1-2H3,(H,17,20)/t12-/m0/s1. The van der Waals surface area contributed by atoms with E-state index in [1.54, 1.807) is 18.2 Å². The molecule has 0 bridgehead atoms. The van der Waals surface area contributed by atoms with Crippen molar-refractivity contribution in [2.45, 2.75) is 6.10 Å². The zero-order valence-corrected chi connectivity index (χ0v) is 13.4. The van der Waals surface area contributed by atoms with E-state index < -0.39 is 6.10 Å². The molecule has 0 fully saturated rings. The molecule has 2 aromatic rings. The molecule has 112 valence electrons. The highest BCUT2D eigenvalue weighted by molar-refractivity contribution is 7.16. The molecular weight excluding hydrogens is 308 g/mol. The van der Waals surface area contributed by atoms with E-state index in [2.05, 4.69) is 5.32 Å². The number of nitrogens with one attached hydrogen (secondary N) is 1. The maximum atomic E-state index is 12.1. The second-order valence-corrected chi connectivity index (χ2v) is 6.56. The molecule has 1 amide bonds. The van der Waals surface area contributed by atoms with Crippen molar-refractivity contribution in [3.8, 4) is 0 Å². The first-order valence-electron chi connectivity index (χ1n) is 6.46. The van der Waals surface area contributed by atoms with Gasteiger partial charge in [-0.25, -0.2) is 0 Å². The molecule has 0 unspecified atom stereocenters. The summed E-state index contributed by atoms with van der Waals surface area (Å²) in [6, 6.07) is 10.8.